The lowest BCUT2D eigenvalue weighted by Crippen LogP contribution is -2.30. The highest BCUT2D eigenvalue weighted by Crippen LogP contribution is 2.27. The minimum Gasteiger partial charge on any atom is -0.496 e. The number of hydrogen-bond acceptors (Lipinski definition) is 4. The van der Waals surface area contributed by atoms with Crippen LogP contribution in [-0.4, -0.2) is 7.11 Å². The third-order valence-corrected chi connectivity index (χ3v) is 3.19. The van der Waals surface area contributed by atoms with Gasteiger partial charge in [-0.2, -0.15) is 0 Å². The molecular weight excluding hydrogens is 238 g/mol. The predicted octanol–water partition coefficient (Wildman–Crippen LogP) is 2.02. The standard InChI is InChI=1S/C15H19N3O/c1-19-15-9-5-2-6-11(15)10-14(18-17)12-7-3-4-8-13(12)16/h2-9,14,18H,10,16-17H2,1H3. The van der Waals surface area contributed by atoms with Crippen LogP contribution in [0.25, 0.3) is 0 Å². The van der Waals surface area contributed by atoms with Crippen LogP contribution in [0.5, 0.6) is 5.75 Å². The Bertz CT molecular complexity index is 542. The molecule has 0 bridgehead atoms. The number of anilines is 1. The number of hydrogen-bond donors (Lipinski definition) is 3. The summed E-state index contributed by atoms with van der Waals surface area (Å²) in [6.07, 6.45) is 0.717. The van der Waals surface area contributed by atoms with Crippen molar-refractivity contribution >= 4 is 5.69 Å². The maximum absolute atomic E-state index is 5.99. The lowest BCUT2D eigenvalue weighted by atomic mass is 9.97. The van der Waals surface area contributed by atoms with Gasteiger partial charge in [-0.05, 0) is 29.7 Å². The zero-order chi connectivity index (χ0) is 13.7. The van der Waals surface area contributed by atoms with Crippen molar-refractivity contribution in [2.45, 2.75) is 12.5 Å². The van der Waals surface area contributed by atoms with Crippen LogP contribution in [0.4, 0.5) is 5.69 Å². The molecule has 1 unspecified atom stereocenters. The minimum atomic E-state index is -0.0440. The van der Waals surface area contributed by atoms with Crippen LogP contribution < -0.4 is 21.7 Å². The van der Waals surface area contributed by atoms with Gasteiger partial charge in [-0.15, -0.1) is 0 Å². The van der Waals surface area contributed by atoms with Gasteiger partial charge in [0.1, 0.15) is 5.75 Å². The molecular formula is C15H19N3O. The summed E-state index contributed by atoms with van der Waals surface area (Å²) in [5, 5.41) is 0. The zero-order valence-electron chi connectivity index (χ0n) is 11.0. The Kier molecular flexibility index (Phi) is 4.39. The molecule has 2 aromatic rings. The van der Waals surface area contributed by atoms with Crippen molar-refractivity contribution in [3.63, 3.8) is 0 Å². The Morgan fingerprint density at radius 3 is 2.47 bits per heavy atom. The van der Waals surface area contributed by atoms with Gasteiger partial charge in [0.15, 0.2) is 0 Å². The van der Waals surface area contributed by atoms with E-state index in [1.807, 2.05) is 48.5 Å². The lowest BCUT2D eigenvalue weighted by Gasteiger charge is -2.19. The van der Waals surface area contributed by atoms with Gasteiger partial charge in [0, 0.05) is 5.69 Å². The van der Waals surface area contributed by atoms with E-state index in [0.717, 1.165) is 22.6 Å². The molecule has 0 aliphatic carbocycles. The fourth-order valence-electron chi connectivity index (χ4n) is 2.18. The Morgan fingerprint density at radius 1 is 1.11 bits per heavy atom. The van der Waals surface area contributed by atoms with Crippen LogP contribution in [0.2, 0.25) is 0 Å². The second-order valence-corrected chi connectivity index (χ2v) is 4.36. The number of benzene rings is 2. The van der Waals surface area contributed by atoms with E-state index in [9.17, 15) is 0 Å². The Balaban J connectivity index is 2.27. The summed E-state index contributed by atoms with van der Waals surface area (Å²) >= 11 is 0. The molecule has 0 saturated heterocycles. The Labute approximate surface area is 113 Å². The maximum Gasteiger partial charge on any atom is 0.122 e. The molecule has 0 aliphatic heterocycles. The average molecular weight is 257 g/mol. The summed E-state index contributed by atoms with van der Waals surface area (Å²) in [4.78, 5) is 0. The number of nitrogens with two attached hydrogens (primary N) is 2. The first-order valence-corrected chi connectivity index (χ1v) is 6.18. The molecule has 4 heteroatoms. The van der Waals surface area contributed by atoms with Crippen molar-refractivity contribution in [2.24, 2.45) is 5.84 Å². The van der Waals surface area contributed by atoms with E-state index in [-0.39, 0.29) is 6.04 Å². The molecule has 0 aromatic heterocycles. The van der Waals surface area contributed by atoms with Crippen molar-refractivity contribution in [3.05, 3.63) is 59.7 Å². The first-order valence-electron chi connectivity index (χ1n) is 6.18. The first kappa shape index (κ1) is 13.4. The van der Waals surface area contributed by atoms with Crippen molar-refractivity contribution < 1.29 is 4.74 Å². The molecule has 19 heavy (non-hydrogen) atoms. The summed E-state index contributed by atoms with van der Waals surface area (Å²) < 4.78 is 5.36. The molecule has 0 aliphatic rings. The van der Waals surface area contributed by atoms with E-state index >= 15 is 0 Å². The third kappa shape index (κ3) is 3.05. The van der Waals surface area contributed by atoms with Gasteiger partial charge in [0.25, 0.3) is 0 Å². The van der Waals surface area contributed by atoms with Crippen molar-refractivity contribution in [1.82, 2.24) is 5.43 Å². The third-order valence-electron chi connectivity index (χ3n) is 3.19. The van der Waals surface area contributed by atoms with E-state index in [0.29, 0.717) is 6.42 Å². The molecule has 4 nitrogen and oxygen atoms in total. The van der Waals surface area contributed by atoms with Gasteiger partial charge in [0.2, 0.25) is 0 Å². The smallest absolute Gasteiger partial charge is 0.122 e. The fraction of sp³-hybridized carbons (Fsp3) is 0.200. The molecule has 5 N–H and O–H groups in total. The maximum atomic E-state index is 5.99. The normalized spacial score (nSPS) is 12.1. The van der Waals surface area contributed by atoms with Crippen LogP contribution in [0, 0.1) is 0 Å². The summed E-state index contributed by atoms with van der Waals surface area (Å²) in [7, 11) is 1.67. The molecule has 100 valence electrons. The number of hydrazine groups is 1. The van der Waals surface area contributed by atoms with E-state index in [4.69, 9.17) is 16.3 Å². The first-order chi connectivity index (χ1) is 9.26. The molecule has 1 atom stereocenters. The average Bonchev–Trinajstić information content (AvgIpc) is 2.46. The SMILES string of the molecule is COc1ccccc1CC(NN)c1ccccc1N. The number of rotatable bonds is 5. The number of para-hydroxylation sites is 2. The molecule has 0 amide bonds. The molecule has 2 aromatic carbocycles. The molecule has 0 heterocycles. The minimum absolute atomic E-state index is 0.0440. The summed E-state index contributed by atoms with van der Waals surface area (Å²) in [6.45, 7) is 0. The van der Waals surface area contributed by atoms with E-state index in [2.05, 4.69) is 5.43 Å². The van der Waals surface area contributed by atoms with Crippen LogP contribution in [0.3, 0.4) is 0 Å². The fourth-order valence-corrected chi connectivity index (χ4v) is 2.18. The summed E-state index contributed by atoms with van der Waals surface area (Å²) in [5.74, 6) is 6.53. The van der Waals surface area contributed by atoms with Gasteiger partial charge in [-0.3, -0.25) is 11.3 Å². The number of ether oxygens (including phenoxy) is 1. The highest BCUT2D eigenvalue weighted by Gasteiger charge is 2.15. The van der Waals surface area contributed by atoms with Gasteiger partial charge in [0.05, 0.1) is 13.2 Å². The van der Waals surface area contributed by atoms with E-state index in [1.54, 1.807) is 7.11 Å². The van der Waals surface area contributed by atoms with Gasteiger partial charge in [-0.25, -0.2) is 0 Å². The van der Waals surface area contributed by atoms with Crippen molar-refractivity contribution in [3.8, 4) is 5.75 Å². The number of methoxy groups -OCH3 is 1. The molecule has 0 spiro atoms. The summed E-state index contributed by atoms with van der Waals surface area (Å²) in [5.41, 5.74) is 11.6. The molecule has 0 saturated carbocycles. The lowest BCUT2D eigenvalue weighted by molar-refractivity contribution is 0.405. The quantitative estimate of drug-likeness (QED) is 0.435. The monoisotopic (exact) mass is 257 g/mol. The topological polar surface area (TPSA) is 73.3 Å². The van der Waals surface area contributed by atoms with Crippen LogP contribution in [0.15, 0.2) is 48.5 Å². The largest absolute Gasteiger partial charge is 0.496 e. The van der Waals surface area contributed by atoms with E-state index in [1.165, 1.54) is 0 Å². The highest BCUT2D eigenvalue weighted by molar-refractivity contribution is 5.49. The van der Waals surface area contributed by atoms with E-state index < -0.39 is 0 Å². The number of nitrogen functional groups attached to an aromatic ring is 1. The van der Waals surface area contributed by atoms with Gasteiger partial charge < -0.3 is 10.5 Å². The Morgan fingerprint density at radius 2 is 1.79 bits per heavy atom. The second kappa shape index (κ2) is 6.22. The Hall–Kier alpha value is -2.04. The van der Waals surface area contributed by atoms with Crippen molar-refractivity contribution in [1.29, 1.82) is 0 Å². The van der Waals surface area contributed by atoms with Crippen molar-refractivity contribution in [2.75, 3.05) is 12.8 Å². The second-order valence-electron chi connectivity index (χ2n) is 4.36. The van der Waals surface area contributed by atoms with Crippen LogP contribution in [-0.2, 0) is 6.42 Å². The molecule has 0 radical (unpaired) electrons. The molecule has 0 fully saturated rings. The van der Waals surface area contributed by atoms with Gasteiger partial charge >= 0.3 is 0 Å². The zero-order valence-corrected chi connectivity index (χ0v) is 11.0. The predicted molar refractivity (Wildman–Crippen MR) is 77.6 cm³/mol. The molecule has 2 rings (SSSR count). The van der Waals surface area contributed by atoms with Crippen LogP contribution in [0.1, 0.15) is 17.2 Å². The number of nitrogens with one attached hydrogen (secondary N) is 1. The van der Waals surface area contributed by atoms with Gasteiger partial charge in [-0.1, -0.05) is 36.4 Å². The van der Waals surface area contributed by atoms with Crippen LogP contribution >= 0.6 is 0 Å². The highest BCUT2D eigenvalue weighted by atomic mass is 16.5. The summed E-state index contributed by atoms with van der Waals surface area (Å²) in [6, 6.07) is 15.6.